The number of hydrogen-bond donors (Lipinski definition) is 0. The Kier molecular flexibility index (Phi) is 4.71. The maximum atomic E-state index is 12.0. The summed E-state index contributed by atoms with van der Waals surface area (Å²) in [4.78, 5) is 13.8. The second-order valence-corrected chi connectivity index (χ2v) is 4.26. The van der Waals surface area contributed by atoms with Gasteiger partial charge in [0.05, 0.1) is 18.1 Å². The smallest absolute Gasteiger partial charge is 0.227 e. The highest BCUT2D eigenvalue weighted by molar-refractivity contribution is 5.79. The molecule has 17 heavy (non-hydrogen) atoms. The van der Waals surface area contributed by atoms with Gasteiger partial charge in [-0.05, 0) is 38.5 Å². The van der Waals surface area contributed by atoms with Crippen LogP contribution in [0, 0.1) is 11.3 Å². The molecule has 0 bridgehead atoms. The molecule has 1 amide bonds. The van der Waals surface area contributed by atoms with Crippen LogP contribution in [0.5, 0.6) is 0 Å². The Bertz CT molecular complexity index is 415. The van der Waals surface area contributed by atoms with Crippen LogP contribution in [0.4, 0.5) is 0 Å². The molecular weight excluding hydrogens is 212 g/mol. The summed E-state index contributed by atoms with van der Waals surface area (Å²) >= 11 is 0. The fourth-order valence-corrected chi connectivity index (χ4v) is 1.80. The SMILES string of the molecule is CCN(C(=O)Cc1ccc(C#N)cc1)C(C)C. The summed E-state index contributed by atoms with van der Waals surface area (Å²) in [6.07, 6.45) is 0.401. The number of amides is 1. The van der Waals surface area contributed by atoms with Crippen molar-refractivity contribution in [3.8, 4) is 6.07 Å². The maximum absolute atomic E-state index is 12.0. The van der Waals surface area contributed by atoms with Crippen LogP contribution in [0.15, 0.2) is 24.3 Å². The summed E-state index contributed by atoms with van der Waals surface area (Å²) in [7, 11) is 0. The molecule has 0 saturated carbocycles. The summed E-state index contributed by atoms with van der Waals surface area (Å²) in [5, 5.41) is 8.68. The predicted octanol–water partition coefficient (Wildman–Crippen LogP) is 2.36. The van der Waals surface area contributed by atoms with E-state index in [1.807, 2.05) is 37.8 Å². The average Bonchev–Trinajstić information content (AvgIpc) is 2.30. The zero-order valence-corrected chi connectivity index (χ0v) is 10.6. The van der Waals surface area contributed by atoms with Crippen molar-refractivity contribution >= 4 is 5.91 Å². The molecule has 0 heterocycles. The Hall–Kier alpha value is -1.82. The molecule has 0 aliphatic heterocycles. The molecule has 1 aromatic carbocycles. The number of rotatable bonds is 4. The van der Waals surface area contributed by atoms with Crippen LogP contribution in [0.2, 0.25) is 0 Å². The first-order chi connectivity index (χ1) is 8.08. The van der Waals surface area contributed by atoms with Gasteiger partial charge in [-0.25, -0.2) is 0 Å². The van der Waals surface area contributed by atoms with Crippen molar-refractivity contribution in [1.82, 2.24) is 4.90 Å². The third kappa shape index (κ3) is 3.60. The lowest BCUT2D eigenvalue weighted by atomic mass is 10.1. The van der Waals surface area contributed by atoms with Gasteiger partial charge >= 0.3 is 0 Å². The molecule has 0 fully saturated rings. The summed E-state index contributed by atoms with van der Waals surface area (Å²) in [6.45, 7) is 6.74. The molecule has 0 aliphatic carbocycles. The molecule has 0 unspecified atom stereocenters. The zero-order valence-electron chi connectivity index (χ0n) is 10.6. The van der Waals surface area contributed by atoms with Crippen molar-refractivity contribution in [2.75, 3.05) is 6.54 Å². The van der Waals surface area contributed by atoms with Gasteiger partial charge in [0.15, 0.2) is 0 Å². The fraction of sp³-hybridized carbons (Fsp3) is 0.429. The highest BCUT2D eigenvalue weighted by Crippen LogP contribution is 2.07. The first-order valence-corrected chi connectivity index (χ1v) is 5.87. The lowest BCUT2D eigenvalue weighted by molar-refractivity contribution is -0.131. The Morgan fingerprint density at radius 1 is 1.35 bits per heavy atom. The molecule has 3 heteroatoms. The average molecular weight is 230 g/mol. The lowest BCUT2D eigenvalue weighted by Crippen LogP contribution is -2.37. The van der Waals surface area contributed by atoms with Gasteiger partial charge in [-0.1, -0.05) is 12.1 Å². The quantitative estimate of drug-likeness (QED) is 0.797. The van der Waals surface area contributed by atoms with E-state index in [1.165, 1.54) is 0 Å². The Balaban J connectivity index is 2.70. The van der Waals surface area contributed by atoms with Gasteiger partial charge in [0.2, 0.25) is 5.91 Å². The molecule has 1 aromatic rings. The highest BCUT2D eigenvalue weighted by Gasteiger charge is 2.14. The number of carbonyl (C=O) groups is 1. The predicted molar refractivity (Wildman–Crippen MR) is 67.4 cm³/mol. The van der Waals surface area contributed by atoms with Crippen LogP contribution in [0.3, 0.4) is 0 Å². The van der Waals surface area contributed by atoms with Crippen molar-refractivity contribution in [3.63, 3.8) is 0 Å². The van der Waals surface area contributed by atoms with Gasteiger partial charge < -0.3 is 4.90 Å². The number of likely N-dealkylation sites (N-methyl/N-ethyl adjacent to an activating group) is 1. The van der Waals surface area contributed by atoms with E-state index in [-0.39, 0.29) is 11.9 Å². The van der Waals surface area contributed by atoms with Gasteiger partial charge in [0.25, 0.3) is 0 Å². The van der Waals surface area contributed by atoms with E-state index in [2.05, 4.69) is 6.07 Å². The Morgan fingerprint density at radius 3 is 2.35 bits per heavy atom. The Labute approximate surface area is 103 Å². The summed E-state index contributed by atoms with van der Waals surface area (Å²) < 4.78 is 0. The van der Waals surface area contributed by atoms with E-state index < -0.39 is 0 Å². The number of hydrogen-bond acceptors (Lipinski definition) is 2. The van der Waals surface area contributed by atoms with E-state index in [0.717, 1.165) is 12.1 Å². The van der Waals surface area contributed by atoms with Crippen molar-refractivity contribution < 1.29 is 4.79 Å². The van der Waals surface area contributed by atoms with Crippen molar-refractivity contribution in [1.29, 1.82) is 5.26 Å². The molecular formula is C14H18N2O. The minimum atomic E-state index is 0.132. The lowest BCUT2D eigenvalue weighted by Gasteiger charge is -2.25. The van der Waals surface area contributed by atoms with E-state index in [1.54, 1.807) is 12.1 Å². The maximum Gasteiger partial charge on any atom is 0.227 e. The highest BCUT2D eigenvalue weighted by atomic mass is 16.2. The molecule has 1 rings (SSSR count). The monoisotopic (exact) mass is 230 g/mol. The van der Waals surface area contributed by atoms with Crippen LogP contribution in [-0.2, 0) is 11.2 Å². The zero-order chi connectivity index (χ0) is 12.8. The van der Waals surface area contributed by atoms with Gasteiger partial charge in [0.1, 0.15) is 0 Å². The van der Waals surface area contributed by atoms with Crippen molar-refractivity contribution in [3.05, 3.63) is 35.4 Å². The summed E-state index contributed by atoms with van der Waals surface area (Å²) in [6, 6.07) is 9.46. The Morgan fingerprint density at radius 2 is 1.94 bits per heavy atom. The van der Waals surface area contributed by atoms with Gasteiger partial charge in [-0.15, -0.1) is 0 Å². The largest absolute Gasteiger partial charge is 0.340 e. The molecule has 0 aromatic heterocycles. The summed E-state index contributed by atoms with van der Waals surface area (Å²) in [5.41, 5.74) is 1.57. The van der Waals surface area contributed by atoms with Crippen molar-refractivity contribution in [2.24, 2.45) is 0 Å². The molecule has 0 N–H and O–H groups in total. The number of nitrogens with zero attached hydrogens (tertiary/aromatic N) is 2. The molecule has 0 atom stereocenters. The van der Waals surface area contributed by atoms with Crippen LogP contribution in [0.25, 0.3) is 0 Å². The molecule has 0 aliphatic rings. The first-order valence-electron chi connectivity index (χ1n) is 5.87. The number of carbonyl (C=O) groups excluding carboxylic acids is 1. The van der Waals surface area contributed by atoms with Crippen LogP contribution in [-0.4, -0.2) is 23.4 Å². The van der Waals surface area contributed by atoms with Crippen LogP contribution < -0.4 is 0 Å². The summed E-state index contributed by atoms with van der Waals surface area (Å²) in [5.74, 6) is 0.132. The third-order valence-electron chi connectivity index (χ3n) is 2.72. The second kappa shape index (κ2) is 6.05. The van der Waals surface area contributed by atoms with E-state index >= 15 is 0 Å². The molecule has 3 nitrogen and oxygen atoms in total. The topological polar surface area (TPSA) is 44.1 Å². The second-order valence-electron chi connectivity index (χ2n) is 4.26. The van der Waals surface area contributed by atoms with E-state index in [0.29, 0.717) is 12.0 Å². The molecule has 0 spiro atoms. The van der Waals surface area contributed by atoms with E-state index in [4.69, 9.17) is 5.26 Å². The van der Waals surface area contributed by atoms with Gasteiger partial charge in [0, 0.05) is 12.6 Å². The number of benzene rings is 1. The third-order valence-corrected chi connectivity index (χ3v) is 2.72. The van der Waals surface area contributed by atoms with Crippen molar-refractivity contribution in [2.45, 2.75) is 33.2 Å². The molecule has 0 saturated heterocycles. The first kappa shape index (κ1) is 13.2. The normalized spacial score (nSPS) is 10.1. The minimum Gasteiger partial charge on any atom is -0.340 e. The standard InChI is InChI=1S/C14H18N2O/c1-4-16(11(2)3)14(17)9-12-5-7-13(10-15)8-6-12/h5-8,11H,4,9H2,1-3H3. The van der Waals surface area contributed by atoms with Gasteiger partial charge in [-0.2, -0.15) is 5.26 Å². The fourth-order valence-electron chi connectivity index (χ4n) is 1.80. The molecule has 0 radical (unpaired) electrons. The van der Waals surface area contributed by atoms with Crippen LogP contribution >= 0.6 is 0 Å². The minimum absolute atomic E-state index is 0.132. The van der Waals surface area contributed by atoms with Gasteiger partial charge in [-0.3, -0.25) is 4.79 Å². The van der Waals surface area contributed by atoms with Crippen LogP contribution in [0.1, 0.15) is 31.9 Å². The number of nitriles is 1. The molecule has 90 valence electrons. The van der Waals surface area contributed by atoms with E-state index in [9.17, 15) is 4.79 Å².